The predicted molar refractivity (Wildman–Crippen MR) is 221 cm³/mol. The fourth-order valence-electron chi connectivity index (χ4n) is 9.22. The molecule has 290 valence electrons. The van der Waals surface area contributed by atoms with Crippen molar-refractivity contribution in [3.63, 3.8) is 0 Å². The standard InChI is InChI=1S/C47H53N5O4/c1-2-41(35-7-4-3-5-8-35)45(37-13-16-40(53)17-14-37)36-11-9-33(10-12-36)34-21-25-49(26-22-34)23-6-24-50-27-29-51(30-28-50)39-15-18-42-38(31-39)32-52(47(42)56)43-19-20-44(54)48-46(43)55/h3-5,7-18,31,34,43,53H,2,6,19-30,32H2,1H3,(H,48,54,55). The third-order valence-corrected chi connectivity index (χ3v) is 12.4. The molecule has 0 spiro atoms. The van der Waals surface area contributed by atoms with E-state index < -0.39 is 6.04 Å². The van der Waals surface area contributed by atoms with Gasteiger partial charge in [-0.3, -0.25) is 24.6 Å². The van der Waals surface area contributed by atoms with Crippen molar-refractivity contribution in [3.05, 3.63) is 130 Å². The van der Waals surface area contributed by atoms with Crippen LogP contribution in [0, 0.1) is 0 Å². The zero-order chi connectivity index (χ0) is 38.6. The molecule has 8 rings (SSSR count). The quantitative estimate of drug-likeness (QED) is 0.127. The number of phenols is 1. The molecule has 3 amide bonds. The maximum absolute atomic E-state index is 13.1. The number of imide groups is 1. The van der Waals surface area contributed by atoms with E-state index in [1.165, 1.54) is 47.1 Å². The van der Waals surface area contributed by atoms with E-state index in [-0.39, 0.29) is 29.9 Å². The lowest BCUT2D eigenvalue weighted by molar-refractivity contribution is -0.136. The Kier molecular flexibility index (Phi) is 11.3. The van der Waals surface area contributed by atoms with E-state index in [1.807, 2.05) is 24.3 Å². The average Bonchev–Trinajstić information content (AvgIpc) is 3.56. The molecule has 1 unspecified atom stereocenters. The molecule has 9 nitrogen and oxygen atoms in total. The van der Waals surface area contributed by atoms with Crippen molar-refractivity contribution in [2.45, 2.75) is 64.0 Å². The van der Waals surface area contributed by atoms with Crippen LogP contribution in [0.1, 0.15) is 89.5 Å². The van der Waals surface area contributed by atoms with Crippen molar-refractivity contribution in [2.24, 2.45) is 0 Å². The second-order valence-electron chi connectivity index (χ2n) is 15.8. The van der Waals surface area contributed by atoms with Gasteiger partial charge in [0.1, 0.15) is 11.8 Å². The molecule has 0 saturated carbocycles. The molecule has 56 heavy (non-hydrogen) atoms. The third-order valence-electron chi connectivity index (χ3n) is 12.4. The number of nitrogens with zero attached hydrogens (tertiary/aromatic N) is 4. The number of piperidine rings is 2. The van der Waals surface area contributed by atoms with Gasteiger partial charge in [0.2, 0.25) is 11.8 Å². The molecule has 1 atom stereocenters. The summed E-state index contributed by atoms with van der Waals surface area (Å²) in [6.07, 6.45) is 5.09. The number of phenolic OH excluding ortho intramolecular Hbond substituents is 1. The highest BCUT2D eigenvalue weighted by molar-refractivity contribution is 6.05. The van der Waals surface area contributed by atoms with Crippen LogP contribution in [0.5, 0.6) is 5.75 Å². The fourth-order valence-corrected chi connectivity index (χ4v) is 9.22. The van der Waals surface area contributed by atoms with E-state index in [2.05, 4.69) is 87.6 Å². The van der Waals surface area contributed by atoms with E-state index in [1.54, 1.807) is 17.0 Å². The van der Waals surface area contributed by atoms with E-state index >= 15 is 0 Å². The summed E-state index contributed by atoms with van der Waals surface area (Å²) < 4.78 is 0. The van der Waals surface area contributed by atoms with E-state index in [9.17, 15) is 19.5 Å². The van der Waals surface area contributed by atoms with Crippen LogP contribution in [0.25, 0.3) is 11.1 Å². The summed E-state index contributed by atoms with van der Waals surface area (Å²) in [5.74, 6) is 0.0971. The molecule has 4 aromatic rings. The van der Waals surface area contributed by atoms with Gasteiger partial charge in [0.15, 0.2) is 0 Å². The number of carbonyl (C=O) groups excluding carboxylic acids is 3. The number of aromatic hydroxyl groups is 1. The summed E-state index contributed by atoms with van der Waals surface area (Å²) in [6, 6.07) is 33.0. The van der Waals surface area contributed by atoms with Crippen molar-refractivity contribution in [3.8, 4) is 5.75 Å². The Balaban J connectivity index is 0.800. The lowest BCUT2D eigenvalue weighted by atomic mass is 9.85. The van der Waals surface area contributed by atoms with Crippen molar-refractivity contribution in [1.29, 1.82) is 0 Å². The van der Waals surface area contributed by atoms with E-state index in [0.29, 0.717) is 24.4 Å². The predicted octanol–water partition coefficient (Wildman–Crippen LogP) is 6.91. The number of anilines is 1. The van der Waals surface area contributed by atoms with Crippen LogP contribution in [-0.2, 0) is 16.1 Å². The Labute approximate surface area is 330 Å². The number of amides is 3. The van der Waals surface area contributed by atoms with Gasteiger partial charge in [-0.2, -0.15) is 0 Å². The van der Waals surface area contributed by atoms with Crippen LogP contribution < -0.4 is 10.2 Å². The molecule has 0 radical (unpaired) electrons. The van der Waals surface area contributed by atoms with Gasteiger partial charge in [-0.25, -0.2) is 0 Å². The Bertz CT molecular complexity index is 2060. The van der Waals surface area contributed by atoms with Crippen LogP contribution in [0.4, 0.5) is 5.69 Å². The van der Waals surface area contributed by atoms with Crippen LogP contribution in [0.2, 0.25) is 0 Å². The number of carbonyl (C=O) groups is 3. The highest BCUT2D eigenvalue weighted by Crippen LogP contribution is 2.37. The summed E-state index contributed by atoms with van der Waals surface area (Å²) in [5, 5.41) is 12.4. The minimum absolute atomic E-state index is 0.122. The van der Waals surface area contributed by atoms with Gasteiger partial charge >= 0.3 is 0 Å². The molecule has 4 aliphatic heterocycles. The molecule has 0 aromatic heterocycles. The van der Waals surface area contributed by atoms with Gasteiger partial charge in [0, 0.05) is 50.4 Å². The number of nitrogens with one attached hydrogen (secondary N) is 1. The van der Waals surface area contributed by atoms with Gasteiger partial charge in [-0.05, 0) is 133 Å². The number of hydrogen-bond donors (Lipinski definition) is 2. The van der Waals surface area contributed by atoms with Gasteiger partial charge in [0.05, 0.1) is 0 Å². The monoisotopic (exact) mass is 751 g/mol. The highest BCUT2D eigenvalue weighted by atomic mass is 16.3. The Morgan fingerprint density at radius 3 is 2.05 bits per heavy atom. The molecular formula is C47H53N5O4. The number of piperazine rings is 1. The summed E-state index contributed by atoms with van der Waals surface area (Å²) in [5.41, 5.74) is 10.3. The first-order valence-corrected chi connectivity index (χ1v) is 20.5. The Hall–Kier alpha value is -5.25. The topological polar surface area (TPSA) is 96.4 Å². The third kappa shape index (κ3) is 8.15. The van der Waals surface area contributed by atoms with Gasteiger partial charge < -0.3 is 19.8 Å². The molecule has 4 heterocycles. The van der Waals surface area contributed by atoms with Crippen LogP contribution in [0.15, 0.2) is 97.1 Å². The molecule has 2 N–H and O–H groups in total. The maximum Gasteiger partial charge on any atom is 0.255 e. The minimum Gasteiger partial charge on any atom is -0.508 e. The zero-order valence-electron chi connectivity index (χ0n) is 32.5. The number of hydrogen-bond acceptors (Lipinski definition) is 7. The first-order chi connectivity index (χ1) is 27.3. The van der Waals surface area contributed by atoms with Gasteiger partial charge in [-0.15, -0.1) is 0 Å². The van der Waals surface area contributed by atoms with Gasteiger partial charge in [0.25, 0.3) is 5.91 Å². The molecule has 4 aromatic carbocycles. The average molecular weight is 752 g/mol. The lowest BCUT2D eigenvalue weighted by Crippen LogP contribution is -2.52. The summed E-state index contributed by atoms with van der Waals surface area (Å²) in [7, 11) is 0. The summed E-state index contributed by atoms with van der Waals surface area (Å²) in [6.45, 7) is 11.1. The van der Waals surface area contributed by atoms with Crippen LogP contribution in [0.3, 0.4) is 0 Å². The Morgan fingerprint density at radius 2 is 1.39 bits per heavy atom. The number of rotatable bonds is 11. The molecule has 9 heteroatoms. The van der Waals surface area contributed by atoms with Crippen molar-refractivity contribution in [2.75, 3.05) is 57.3 Å². The Morgan fingerprint density at radius 1 is 0.732 bits per heavy atom. The number of fused-ring (bicyclic) bond motifs is 1. The van der Waals surface area contributed by atoms with Crippen molar-refractivity contribution >= 4 is 34.6 Å². The lowest BCUT2D eigenvalue weighted by Gasteiger charge is -2.37. The second kappa shape index (κ2) is 16.9. The smallest absolute Gasteiger partial charge is 0.255 e. The maximum atomic E-state index is 13.1. The zero-order valence-corrected chi connectivity index (χ0v) is 32.5. The van der Waals surface area contributed by atoms with E-state index in [0.717, 1.165) is 75.6 Å². The van der Waals surface area contributed by atoms with Crippen molar-refractivity contribution in [1.82, 2.24) is 20.0 Å². The first kappa shape index (κ1) is 37.7. The van der Waals surface area contributed by atoms with Crippen LogP contribution >= 0.6 is 0 Å². The van der Waals surface area contributed by atoms with E-state index in [4.69, 9.17) is 0 Å². The first-order valence-electron chi connectivity index (χ1n) is 20.5. The molecule has 0 bridgehead atoms. The molecule has 3 saturated heterocycles. The molecular weight excluding hydrogens is 699 g/mol. The van der Waals surface area contributed by atoms with Crippen molar-refractivity contribution < 1.29 is 19.5 Å². The number of likely N-dealkylation sites (tertiary alicyclic amines) is 1. The normalized spacial score (nSPS) is 20.2. The second-order valence-corrected chi connectivity index (χ2v) is 15.8. The molecule has 0 aliphatic carbocycles. The minimum atomic E-state index is -0.584. The van der Waals surface area contributed by atoms with Crippen LogP contribution in [-0.4, -0.2) is 95.9 Å². The highest BCUT2D eigenvalue weighted by Gasteiger charge is 2.39. The molecule has 3 fully saturated rings. The fraction of sp³-hybridized carbons (Fsp3) is 0.383. The summed E-state index contributed by atoms with van der Waals surface area (Å²) in [4.78, 5) is 46.4. The summed E-state index contributed by atoms with van der Waals surface area (Å²) >= 11 is 0. The SMILES string of the molecule is CCC(=C(c1ccc(O)cc1)c1ccc(C2CCN(CCCN3CCN(c4ccc5c(c4)CN(C4CCC(=O)NC4=O)C5=O)CC3)CC2)cc1)c1ccccc1. The molecule has 4 aliphatic rings. The number of benzene rings is 4. The largest absolute Gasteiger partial charge is 0.508 e. The van der Waals surface area contributed by atoms with Gasteiger partial charge in [-0.1, -0.05) is 73.7 Å². The number of allylic oxidation sites excluding steroid dienone is 1.